The second kappa shape index (κ2) is 9.29. The molecule has 3 aromatic rings. The van der Waals surface area contributed by atoms with Crippen LogP contribution in [0.2, 0.25) is 0 Å². The van der Waals surface area contributed by atoms with Crippen molar-refractivity contribution in [2.24, 2.45) is 5.92 Å². The van der Waals surface area contributed by atoms with Gasteiger partial charge in [0.05, 0.1) is 21.6 Å². The molecule has 3 heterocycles. The van der Waals surface area contributed by atoms with Crippen LogP contribution >= 0.6 is 11.3 Å². The van der Waals surface area contributed by atoms with Gasteiger partial charge in [0.25, 0.3) is 0 Å². The first-order chi connectivity index (χ1) is 15.3. The van der Waals surface area contributed by atoms with Crippen molar-refractivity contribution >= 4 is 42.6 Å². The first kappa shape index (κ1) is 22.9. The molecule has 1 aliphatic heterocycles. The van der Waals surface area contributed by atoms with E-state index in [1.807, 2.05) is 6.07 Å². The molecule has 172 valence electrons. The summed E-state index contributed by atoms with van der Waals surface area (Å²) in [5, 5.41) is 10.3. The Morgan fingerprint density at radius 1 is 1.28 bits per heavy atom. The molecular weight excluding hydrogens is 446 g/mol. The van der Waals surface area contributed by atoms with E-state index in [2.05, 4.69) is 39.6 Å². The van der Waals surface area contributed by atoms with Crippen molar-refractivity contribution < 1.29 is 13.2 Å². The van der Waals surface area contributed by atoms with Gasteiger partial charge in [0.1, 0.15) is 4.90 Å². The van der Waals surface area contributed by atoms with Gasteiger partial charge in [0.15, 0.2) is 5.13 Å². The molecule has 0 radical (unpaired) electrons. The molecule has 1 aliphatic rings. The lowest BCUT2D eigenvalue weighted by Gasteiger charge is -2.30. The number of fused-ring (bicyclic) bond motifs is 1. The number of amides is 1. The highest BCUT2D eigenvalue weighted by Gasteiger charge is 2.34. The Kier molecular flexibility index (Phi) is 6.64. The minimum absolute atomic E-state index is 0.0945. The first-order valence-electron chi connectivity index (χ1n) is 11.0. The second-order valence-electron chi connectivity index (χ2n) is 8.36. The topological polar surface area (TPSA) is 108 Å². The van der Waals surface area contributed by atoms with Gasteiger partial charge >= 0.3 is 0 Å². The Balaban J connectivity index is 1.38. The number of anilines is 1. The molecule has 8 nitrogen and oxygen atoms in total. The van der Waals surface area contributed by atoms with E-state index in [-0.39, 0.29) is 16.7 Å². The van der Waals surface area contributed by atoms with Gasteiger partial charge in [-0.3, -0.25) is 9.89 Å². The fourth-order valence-electron chi connectivity index (χ4n) is 4.17. The third-order valence-electron chi connectivity index (χ3n) is 5.99. The SMILES string of the molecule is CCCCc1ccc2nc(NC(=O)C3CCN(S(=O)(=O)c4c(C)n[nH]c4C)CC3)sc2c1. The molecule has 1 amide bonds. The zero-order valence-corrected chi connectivity index (χ0v) is 20.3. The van der Waals surface area contributed by atoms with Gasteiger partial charge in [-0.25, -0.2) is 13.4 Å². The van der Waals surface area contributed by atoms with Crippen molar-refractivity contribution in [3.8, 4) is 0 Å². The number of unbranched alkanes of at least 4 members (excludes halogenated alkanes) is 1. The van der Waals surface area contributed by atoms with Crippen LogP contribution in [-0.4, -0.2) is 46.9 Å². The van der Waals surface area contributed by atoms with Crippen molar-refractivity contribution in [2.75, 3.05) is 18.4 Å². The molecule has 2 N–H and O–H groups in total. The predicted molar refractivity (Wildman–Crippen MR) is 126 cm³/mol. The Bertz CT molecular complexity index is 1200. The average molecular weight is 476 g/mol. The molecule has 0 unspecified atom stereocenters. The van der Waals surface area contributed by atoms with Crippen LogP contribution in [0.5, 0.6) is 0 Å². The number of nitrogens with zero attached hydrogens (tertiary/aromatic N) is 3. The lowest BCUT2D eigenvalue weighted by molar-refractivity contribution is -0.120. The van der Waals surface area contributed by atoms with Crippen molar-refractivity contribution in [3.05, 3.63) is 35.2 Å². The monoisotopic (exact) mass is 475 g/mol. The molecule has 0 saturated carbocycles. The summed E-state index contributed by atoms with van der Waals surface area (Å²) in [7, 11) is -3.62. The maximum atomic E-state index is 13.0. The molecule has 1 fully saturated rings. The highest BCUT2D eigenvalue weighted by molar-refractivity contribution is 7.89. The van der Waals surface area contributed by atoms with E-state index in [1.165, 1.54) is 21.2 Å². The molecule has 10 heteroatoms. The normalized spacial score (nSPS) is 16.0. The summed E-state index contributed by atoms with van der Waals surface area (Å²) >= 11 is 1.48. The summed E-state index contributed by atoms with van der Waals surface area (Å²) in [5.74, 6) is -0.330. The minimum Gasteiger partial charge on any atom is -0.302 e. The smallest absolute Gasteiger partial charge is 0.246 e. The zero-order chi connectivity index (χ0) is 22.9. The third kappa shape index (κ3) is 4.57. The van der Waals surface area contributed by atoms with E-state index >= 15 is 0 Å². The molecule has 4 rings (SSSR count). The van der Waals surface area contributed by atoms with E-state index in [0.29, 0.717) is 42.5 Å². The first-order valence-corrected chi connectivity index (χ1v) is 13.3. The molecule has 32 heavy (non-hydrogen) atoms. The van der Waals surface area contributed by atoms with Gasteiger partial charge in [0.2, 0.25) is 15.9 Å². The van der Waals surface area contributed by atoms with Gasteiger partial charge < -0.3 is 5.32 Å². The summed E-state index contributed by atoms with van der Waals surface area (Å²) in [6.45, 7) is 6.19. The zero-order valence-electron chi connectivity index (χ0n) is 18.6. The highest BCUT2D eigenvalue weighted by Crippen LogP contribution is 2.30. The van der Waals surface area contributed by atoms with Gasteiger partial charge in [-0.05, 0) is 57.2 Å². The summed E-state index contributed by atoms with van der Waals surface area (Å²) < 4.78 is 28.5. The Morgan fingerprint density at radius 2 is 2.03 bits per heavy atom. The van der Waals surface area contributed by atoms with Gasteiger partial charge in [-0.1, -0.05) is 30.7 Å². The maximum absolute atomic E-state index is 13.0. The Labute approximate surface area is 192 Å². The standard InChI is InChI=1S/C22H29N5O3S2/c1-4-5-6-16-7-8-18-19(13-16)31-22(23-18)24-21(28)17-9-11-27(12-10-17)32(29,30)20-14(2)25-26-15(20)3/h7-8,13,17H,4-6,9-12H2,1-3H3,(H,25,26)(H,23,24,28). The Hall–Kier alpha value is -2.30. The van der Waals surface area contributed by atoms with Gasteiger partial charge in [-0.15, -0.1) is 0 Å². The number of aromatic nitrogens is 3. The van der Waals surface area contributed by atoms with Crippen molar-refractivity contribution in [1.29, 1.82) is 0 Å². The van der Waals surface area contributed by atoms with E-state index < -0.39 is 10.0 Å². The lowest BCUT2D eigenvalue weighted by atomic mass is 9.97. The predicted octanol–water partition coefficient (Wildman–Crippen LogP) is 4.02. The van der Waals surface area contributed by atoms with Gasteiger partial charge in [0, 0.05) is 19.0 Å². The number of carbonyl (C=O) groups excluding carboxylic acids is 1. The van der Waals surface area contributed by atoms with Crippen LogP contribution in [0.4, 0.5) is 5.13 Å². The number of thiazole rings is 1. The fourth-order valence-corrected chi connectivity index (χ4v) is 6.91. The number of aryl methyl sites for hydroxylation is 3. The minimum atomic E-state index is -3.62. The number of sulfonamides is 1. The summed E-state index contributed by atoms with van der Waals surface area (Å²) in [6, 6.07) is 6.26. The van der Waals surface area contributed by atoms with E-state index in [0.717, 1.165) is 29.5 Å². The van der Waals surface area contributed by atoms with Crippen LogP contribution in [-0.2, 0) is 21.2 Å². The van der Waals surface area contributed by atoms with Crippen molar-refractivity contribution in [2.45, 2.75) is 57.8 Å². The number of hydrogen-bond donors (Lipinski definition) is 2. The quantitative estimate of drug-likeness (QED) is 0.537. The molecule has 1 saturated heterocycles. The fraction of sp³-hybridized carbons (Fsp3) is 0.500. The molecule has 0 bridgehead atoms. The average Bonchev–Trinajstić information content (AvgIpc) is 3.33. The van der Waals surface area contributed by atoms with Crippen molar-refractivity contribution in [3.63, 3.8) is 0 Å². The van der Waals surface area contributed by atoms with Crippen LogP contribution in [0.15, 0.2) is 23.1 Å². The van der Waals surface area contributed by atoms with Crippen LogP contribution < -0.4 is 5.32 Å². The third-order valence-corrected chi connectivity index (χ3v) is 9.08. The van der Waals surface area contributed by atoms with Crippen LogP contribution in [0.1, 0.15) is 49.6 Å². The van der Waals surface area contributed by atoms with Crippen molar-refractivity contribution in [1.82, 2.24) is 19.5 Å². The van der Waals surface area contributed by atoms with E-state index in [4.69, 9.17) is 0 Å². The molecule has 0 aliphatic carbocycles. The number of piperidine rings is 1. The highest BCUT2D eigenvalue weighted by atomic mass is 32.2. The second-order valence-corrected chi connectivity index (χ2v) is 11.3. The number of carbonyl (C=O) groups is 1. The lowest BCUT2D eigenvalue weighted by Crippen LogP contribution is -2.41. The van der Waals surface area contributed by atoms with Crippen LogP contribution in [0, 0.1) is 19.8 Å². The number of hydrogen-bond acceptors (Lipinski definition) is 6. The maximum Gasteiger partial charge on any atom is 0.246 e. The van der Waals surface area contributed by atoms with Gasteiger partial charge in [-0.2, -0.15) is 9.40 Å². The van der Waals surface area contributed by atoms with Crippen LogP contribution in [0.3, 0.4) is 0 Å². The van der Waals surface area contributed by atoms with E-state index in [9.17, 15) is 13.2 Å². The summed E-state index contributed by atoms with van der Waals surface area (Å²) in [6.07, 6.45) is 4.32. The molecular formula is C22H29N5O3S2. The van der Waals surface area contributed by atoms with Crippen LogP contribution in [0.25, 0.3) is 10.2 Å². The number of H-pyrrole nitrogens is 1. The molecule has 1 aromatic carbocycles. The number of benzene rings is 1. The molecule has 2 aromatic heterocycles. The number of nitrogens with one attached hydrogen (secondary N) is 2. The Morgan fingerprint density at radius 3 is 2.69 bits per heavy atom. The number of aromatic amines is 1. The van der Waals surface area contributed by atoms with E-state index in [1.54, 1.807) is 13.8 Å². The molecule has 0 atom stereocenters. The summed E-state index contributed by atoms with van der Waals surface area (Å²) in [5.41, 5.74) is 3.18. The summed E-state index contributed by atoms with van der Waals surface area (Å²) in [4.78, 5) is 17.6. The largest absolute Gasteiger partial charge is 0.302 e. The number of rotatable bonds is 7. The molecule has 0 spiro atoms.